The van der Waals surface area contributed by atoms with Gasteiger partial charge in [-0.25, -0.2) is 0 Å². The lowest BCUT2D eigenvalue weighted by atomic mass is 10.1. The standard InChI is InChI=1S/C16H21ClN2O2/c1-4-19(11-16(2,3)21)15(20)13-8-7-12(6-5-9-18)14(17)10-13/h7-8,10,21H,4,9,11,18H2,1-3H3. The van der Waals surface area contributed by atoms with Crippen molar-refractivity contribution in [3.63, 3.8) is 0 Å². The fraction of sp³-hybridized carbons (Fsp3) is 0.438. The van der Waals surface area contributed by atoms with Gasteiger partial charge in [0.1, 0.15) is 0 Å². The molecular weight excluding hydrogens is 288 g/mol. The number of halogens is 1. The zero-order valence-electron chi connectivity index (χ0n) is 12.6. The van der Waals surface area contributed by atoms with Crippen molar-refractivity contribution in [3.05, 3.63) is 34.3 Å². The number of carbonyl (C=O) groups is 1. The van der Waals surface area contributed by atoms with Gasteiger partial charge in [0.25, 0.3) is 5.91 Å². The number of likely N-dealkylation sites (N-methyl/N-ethyl adjacent to an activating group) is 1. The molecular formula is C16H21ClN2O2. The molecule has 0 aliphatic carbocycles. The third-order valence-electron chi connectivity index (χ3n) is 2.79. The first kappa shape index (κ1) is 17.5. The van der Waals surface area contributed by atoms with Crippen LogP contribution in [0.3, 0.4) is 0 Å². The van der Waals surface area contributed by atoms with E-state index in [1.165, 1.54) is 0 Å². The molecule has 21 heavy (non-hydrogen) atoms. The zero-order valence-corrected chi connectivity index (χ0v) is 13.4. The van der Waals surface area contributed by atoms with Crippen molar-refractivity contribution in [1.82, 2.24) is 4.90 Å². The summed E-state index contributed by atoms with van der Waals surface area (Å²) in [7, 11) is 0. The topological polar surface area (TPSA) is 66.6 Å². The van der Waals surface area contributed by atoms with Gasteiger partial charge in [0.05, 0.1) is 17.2 Å². The Morgan fingerprint density at radius 2 is 2.14 bits per heavy atom. The molecule has 0 saturated carbocycles. The molecule has 0 radical (unpaired) electrons. The second-order valence-corrected chi connectivity index (χ2v) is 5.74. The van der Waals surface area contributed by atoms with Crippen molar-refractivity contribution in [3.8, 4) is 11.8 Å². The highest BCUT2D eigenvalue weighted by Crippen LogP contribution is 2.19. The molecule has 5 heteroatoms. The Morgan fingerprint density at radius 1 is 1.48 bits per heavy atom. The first-order valence-electron chi connectivity index (χ1n) is 6.78. The number of nitrogens with zero attached hydrogens (tertiary/aromatic N) is 1. The number of rotatable bonds is 4. The van der Waals surface area contributed by atoms with Gasteiger partial charge < -0.3 is 15.7 Å². The van der Waals surface area contributed by atoms with Crippen LogP contribution in [0.5, 0.6) is 0 Å². The Hall–Kier alpha value is -1.54. The number of aliphatic hydroxyl groups is 1. The van der Waals surface area contributed by atoms with Crippen LogP contribution in [0.1, 0.15) is 36.7 Å². The average Bonchev–Trinajstić information content (AvgIpc) is 2.41. The fourth-order valence-corrected chi connectivity index (χ4v) is 2.10. The summed E-state index contributed by atoms with van der Waals surface area (Å²) in [6.07, 6.45) is 0. The molecule has 0 aliphatic heterocycles. The summed E-state index contributed by atoms with van der Waals surface area (Å²) < 4.78 is 0. The molecule has 0 saturated heterocycles. The molecule has 3 N–H and O–H groups in total. The number of hydrogen-bond acceptors (Lipinski definition) is 3. The first-order chi connectivity index (χ1) is 9.78. The predicted octanol–water partition coefficient (Wildman–Crippen LogP) is 1.88. The summed E-state index contributed by atoms with van der Waals surface area (Å²) in [5.74, 6) is 5.41. The zero-order chi connectivity index (χ0) is 16.0. The van der Waals surface area contributed by atoms with Crippen molar-refractivity contribution in [2.75, 3.05) is 19.6 Å². The van der Waals surface area contributed by atoms with Gasteiger partial charge >= 0.3 is 0 Å². The SMILES string of the molecule is CCN(CC(C)(C)O)C(=O)c1ccc(C#CCN)c(Cl)c1. The monoisotopic (exact) mass is 308 g/mol. The summed E-state index contributed by atoms with van der Waals surface area (Å²) >= 11 is 6.13. The second kappa shape index (κ2) is 7.46. The lowest BCUT2D eigenvalue weighted by molar-refractivity contribution is 0.0314. The van der Waals surface area contributed by atoms with Crippen LogP contribution in [0.4, 0.5) is 0 Å². The van der Waals surface area contributed by atoms with Crippen LogP contribution in [-0.2, 0) is 0 Å². The Labute approximate surface area is 130 Å². The van der Waals surface area contributed by atoms with E-state index in [0.717, 1.165) is 0 Å². The average molecular weight is 309 g/mol. The maximum absolute atomic E-state index is 12.4. The first-order valence-corrected chi connectivity index (χ1v) is 7.16. The Balaban J connectivity index is 2.99. The molecule has 1 aromatic carbocycles. The normalized spacial score (nSPS) is 10.8. The van der Waals surface area contributed by atoms with Crippen LogP contribution in [0.2, 0.25) is 5.02 Å². The number of hydrogen-bond donors (Lipinski definition) is 2. The quantitative estimate of drug-likeness (QED) is 0.835. The van der Waals surface area contributed by atoms with Gasteiger partial charge in [-0.15, -0.1) is 0 Å². The molecule has 114 valence electrons. The predicted molar refractivity (Wildman–Crippen MR) is 85.3 cm³/mol. The lowest BCUT2D eigenvalue weighted by Gasteiger charge is -2.28. The van der Waals surface area contributed by atoms with E-state index >= 15 is 0 Å². The van der Waals surface area contributed by atoms with Gasteiger partial charge in [-0.2, -0.15) is 0 Å². The van der Waals surface area contributed by atoms with Crippen molar-refractivity contribution in [1.29, 1.82) is 0 Å². The molecule has 1 amide bonds. The van der Waals surface area contributed by atoms with E-state index in [1.54, 1.807) is 36.9 Å². The highest BCUT2D eigenvalue weighted by Gasteiger charge is 2.22. The van der Waals surface area contributed by atoms with Crippen LogP contribution in [0, 0.1) is 11.8 Å². The molecule has 0 bridgehead atoms. The maximum Gasteiger partial charge on any atom is 0.253 e. The second-order valence-electron chi connectivity index (χ2n) is 5.33. The van der Waals surface area contributed by atoms with Crippen molar-refractivity contribution in [2.45, 2.75) is 26.4 Å². The lowest BCUT2D eigenvalue weighted by Crippen LogP contribution is -2.42. The fourth-order valence-electron chi connectivity index (χ4n) is 1.87. The number of amides is 1. The Morgan fingerprint density at radius 3 is 2.62 bits per heavy atom. The summed E-state index contributed by atoms with van der Waals surface area (Å²) in [4.78, 5) is 14.0. The largest absolute Gasteiger partial charge is 0.389 e. The number of carbonyl (C=O) groups excluding carboxylic acids is 1. The van der Waals surface area contributed by atoms with Crippen molar-refractivity contribution in [2.24, 2.45) is 5.73 Å². The molecule has 1 rings (SSSR count). The highest BCUT2D eigenvalue weighted by molar-refractivity contribution is 6.32. The molecule has 0 unspecified atom stereocenters. The minimum absolute atomic E-state index is 0.167. The molecule has 0 fully saturated rings. The highest BCUT2D eigenvalue weighted by atomic mass is 35.5. The minimum atomic E-state index is -0.942. The Bertz CT molecular complexity index is 568. The summed E-state index contributed by atoms with van der Waals surface area (Å²) in [6, 6.07) is 4.98. The molecule has 1 aromatic rings. The summed E-state index contributed by atoms with van der Waals surface area (Å²) in [6.45, 7) is 6.23. The van der Waals surface area contributed by atoms with Crippen molar-refractivity contribution < 1.29 is 9.90 Å². The van der Waals surface area contributed by atoms with Crippen LogP contribution < -0.4 is 5.73 Å². The van der Waals surface area contributed by atoms with Crippen molar-refractivity contribution >= 4 is 17.5 Å². The van der Waals surface area contributed by atoms with E-state index in [0.29, 0.717) is 22.7 Å². The van der Waals surface area contributed by atoms with Gasteiger partial charge in [0, 0.05) is 24.2 Å². The van der Waals surface area contributed by atoms with Gasteiger partial charge in [0.15, 0.2) is 0 Å². The molecule has 0 heterocycles. The van der Waals surface area contributed by atoms with E-state index in [9.17, 15) is 9.90 Å². The third-order valence-corrected chi connectivity index (χ3v) is 3.10. The van der Waals surface area contributed by atoms with E-state index < -0.39 is 5.60 Å². The molecule has 0 aliphatic rings. The van der Waals surface area contributed by atoms with Crippen LogP contribution in [0.25, 0.3) is 0 Å². The smallest absolute Gasteiger partial charge is 0.253 e. The minimum Gasteiger partial charge on any atom is -0.389 e. The summed E-state index contributed by atoms with van der Waals surface area (Å²) in [5.41, 5.74) is 5.50. The van der Waals surface area contributed by atoms with E-state index in [-0.39, 0.29) is 19.0 Å². The van der Waals surface area contributed by atoms with Crippen LogP contribution >= 0.6 is 11.6 Å². The number of benzene rings is 1. The van der Waals surface area contributed by atoms with E-state index in [1.807, 2.05) is 6.92 Å². The van der Waals surface area contributed by atoms with Crippen LogP contribution in [-0.4, -0.2) is 41.1 Å². The van der Waals surface area contributed by atoms with Gasteiger partial charge in [-0.05, 0) is 39.0 Å². The third kappa shape index (κ3) is 5.39. The molecule has 4 nitrogen and oxygen atoms in total. The van der Waals surface area contributed by atoms with Crippen LogP contribution in [0.15, 0.2) is 18.2 Å². The Kier molecular flexibility index (Phi) is 6.22. The van der Waals surface area contributed by atoms with Gasteiger partial charge in [0.2, 0.25) is 0 Å². The molecule has 0 aromatic heterocycles. The van der Waals surface area contributed by atoms with Gasteiger partial charge in [-0.1, -0.05) is 23.4 Å². The van der Waals surface area contributed by atoms with E-state index in [2.05, 4.69) is 11.8 Å². The molecule has 0 atom stereocenters. The van der Waals surface area contributed by atoms with Gasteiger partial charge in [-0.3, -0.25) is 4.79 Å². The maximum atomic E-state index is 12.4. The number of nitrogens with two attached hydrogens (primary N) is 1. The molecule has 0 spiro atoms. The summed E-state index contributed by atoms with van der Waals surface area (Å²) in [5, 5.41) is 10.3. The van der Waals surface area contributed by atoms with E-state index in [4.69, 9.17) is 17.3 Å².